The van der Waals surface area contributed by atoms with E-state index < -0.39 is 5.82 Å². The minimum absolute atomic E-state index is 0.131. The number of hydrogen-bond acceptors (Lipinski definition) is 2. The Bertz CT molecular complexity index is 642. The van der Waals surface area contributed by atoms with Gasteiger partial charge in [-0.2, -0.15) is 0 Å². The van der Waals surface area contributed by atoms with E-state index in [2.05, 4.69) is 5.32 Å². The molecule has 0 saturated heterocycles. The lowest BCUT2D eigenvalue weighted by Gasteiger charge is -2.12. The average Bonchev–Trinajstić information content (AvgIpc) is 2.78. The topological polar surface area (TPSA) is 46.7 Å². The van der Waals surface area contributed by atoms with Gasteiger partial charge >= 0.3 is 0 Å². The molecule has 112 valence electrons. The highest BCUT2D eigenvalue weighted by Gasteiger charge is 2.14. The lowest BCUT2D eigenvalue weighted by molar-refractivity contribution is -0.886. The Morgan fingerprint density at radius 2 is 2.14 bits per heavy atom. The van der Waals surface area contributed by atoms with Crippen LogP contribution >= 0.6 is 11.6 Å². The molecule has 2 aromatic rings. The molecule has 4 nitrogen and oxygen atoms in total. The highest BCUT2D eigenvalue weighted by atomic mass is 35.5. The molecule has 1 aromatic heterocycles. The van der Waals surface area contributed by atoms with E-state index >= 15 is 0 Å². The normalized spacial score (nSPS) is 12.2. The first-order valence-electron chi connectivity index (χ1n) is 6.55. The molecule has 1 unspecified atom stereocenters. The Balaban J connectivity index is 1.89. The van der Waals surface area contributed by atoms with E-state index in [1.165, 1.54) is 18.2 Å². The van der Waals surface area contributed by atoms with Crippen molar-refractivity contribution < 1.29 is 18.5 Å². The highest BCUT2D eigenvalue weighted by Crippen LogP contribution is 2.18. The van der Waals surface area contributed by atoms with Crippen LogP contribution in [-0.2, 0) is 11.3 Å². The summed E-state index contributed by atoms with van der Waals surface area (Å²) in [5.74, 6) is 0.841. The van der Waals surface area contributed by atoms with Crippen LogP contribution in [0.3, 0.4) is 0 Å². The summed E-state index contributed by atoms with van der Waals surface area (Å²) in [4.78, 5) is 12.8. The van der Waals surface area contributed by atoms with Crippen molar-refractivity contribution in [3.8, 4) is 0 Å². The molecular weight excluding hydrogens is 295 g/mol. The van der Waals surface area contributed by atoms with Gasteiger partial charge in [0.15, 0.2) is 12.3 Å². The van der Waals surface area contributed by atoms with Gasteiger partial charge in [0.1, 0.15) is 18.1 Å². The molecular formula is C15H17ClFN2O2+. The van der Waals surface area contributed by atoms with Crippen molar-refractivity contribution in [1.29, 1.82) is 0 Å². The second kappa shape index (κ2) is 6.74. The third-order valence-corrected chi connectivity index (χ3v) is 3.17. The molecule has 0 aliphatic heterocycles. The van der Waals surface area contributed by atoms with E-state index in [1.54, 1.807) is 0 Å². The van der Waals surface area contributed by atoms with Crippen LogP contribution in [-0.4, -0.2) is 19.5 Å². The summed E-state index contributed by atoms with van der Waals surface area (Å²) < 4.78 is 19.0. The van der Waals surface area contributed by atoms with Crippen molar-refractivity contribution in [1.82, 2.24) is 0 Å². The SMILES string of the molecule is Cc1ccc(C[NH+](C)CC(=O)Nc2ccc(Cl)cc2F)o1. The Labute approximate surface area is 127 Å². The molecule has 0 saturated carbocycles. The zero-order valence-electron chi connectivity index (χ0n) is 11.9. The summed E-state index contributed by atoms with van der Waals surface area (Å²) in [5.41, 5.74) is 0.131. The standard InChI is InChI=1S/C15H16ClFN2O2/c1-10-3-5-12(21-10)8-19(2)9-15(20)18-14-6-4-11(16)7-13(14)17/h3-7H,8-9H2,1-2H3,(H,18,20)/p+1. The maximum Gasteiger partial charge on any atom is 0.279 e. The van der Waals surface area contributed by atoms with Gasteiger partial charge in [-0.1, -0.05) is 11.6 Å². The molecule has 0 aliphatic rings. The smallest absolute Gasteiger partial charge is 0.279 e. The molecule has 0 bridgehead atoms. The number of benzene rings is 1. The Morgan fingerprint density at radius 1 is 1.38 bits per heavy atom. The number of aryl methyl sites for hydroxylation is 1. The second-order valence-corrected chi connectivity index (χ2v) is 5.43. The number of carbonyl (C=O) groups excluding carboxylic acids is 1. The zero-order valence-corrected chi connectivity index (χ0v) is 12.6. The van der Waals surface area contributed by atoms with Gasteiger partial charge in [-0.25, -0.2) is 4.39 Å². The van der Waals surface area contributed by atoms with Gasteiger partial charge in [-0.15, -0.1) is 0 Å². The van der Waals surface area contributed by atoms with Gasteiger partial charge in [-0.05, 0) is 37.3 Å². The number of carbonyl (C=O) groups is 1. The predicted octanol–water partition coefficient (Wildman–Crippen LogP) is 2.03. The fourth-order valence-corrected chi connectivity index (χ4v) is 2.16. The van der Waals surface area contributed by atoms with Crippen molar-refractivity contribution in [2.75, 3.05) is 18.9 Å². The number of anilines is 1. The van der Waals surface area contributed by atoms with Crippen molar-refractivity contribution in [3.05, 3.63) is 52.7 Å². The van der Waals surface area contributed by atoms with Gasteiger partial charge in [0.2, 0.25) is 0 Å². The third kappa shape index (κ3) is 4.58. The fraction of sp³-hybridized carbons (Fsp3) is 0.267. The Hall–Kier alpha value is -1.85. The van der Waals surface area contributed by atoms with E-state index in [0.29, 0.717) is 11.6 Å². The molecule has 0 aliphatic carbocycles. The van der Waals surface area contributed by atoms with Gasteiger partial charge < -0.3 is 14.6 Å². The van der Waals surface area contributed by atoms with Gasteiger partial charge in [0.05, 0.1) is 12.7 Å². The quantitative estimate of drug-likeness (QED) is 0.887. The summed E-state index contributed by atoms with van der Waals surface area (Å²) in [5, 5.41) is 2.83. The number of halogens is 2. The van der Waals surface area contributed by atoms with Crippen LogP contribution in [0.15, 0.2) is 34.7 Å². The number of nitrogens with one attached hydrogen (secondary N) is 2. The molecule has 0 spiro atoms. The fourth-order valence-electron chi connectivity index (χ4n) is 2.00. The van der Waals surface area contributed by atoms with Crippen LogP contribution in [0, 0.1) is 12.7 Å². The van der Waals surface area contributed by atoms with Crippen molar-refractivity contribution in [3.63, 3.8) is 0 Å². The summed E-state index contributed by atoms with van der Waals surface area (Å²) in [6.45, 7) is 2.67. The van der Waals surface area contributed by atoms with Crippen LogP contribution in [0.5, 0.6) is 0 Å². The molecule has 1 heterocycles. The number of hydrogen-bond donors (Lipinski definition) is 2. The van der Waals surface area contributed by atoms with Gasteiger partial charge in [-0.3, -0.25) is 4.79 Å². The van der Waals surface area contributed by atoms with Crippen LogP contribution < -0.4 is 10.2 Å². The van der Waals surface area contributed by atoms with Crippen LogP contribution in [0.2, 0.25) is 5.02 Å². The molecule has 1 aromatic carbocycles. The molecule has 0 radical (unpaired) electrons. The first-order chi connectivity index (χ1) is 9.94. The van der Waals surface area contributed by atoms with Crippen molar-refractivity contribution in [2.24, 2.45) is 0 Å². The zero-order chi connectivity index (χ0) is 15.4. The van der Waals surface area contributed by atoms with E-state index in [4.69, 9.17) is 16.0 Å². The number of amides is 1. The lowest BCUT2D eigenvalue weighted by atomic mass is 10.3. The van der Waals surface area contributed by atoms with E-state index in [1.807, 2.05) is 26.1 Å². The Morgan fingerprint density at radius 3 is 2.76 bits per heavy atom. The summed E-state index contributed by atoms with van der Waals surface area (Å²) >= 11 is 5.66. The number of furan rings is 1. The van der Waals surface area contributed by atoms with Crippen LogP contribution in [0.1, 0.15) is 11.5 Å². The van der Waals surface area contributed by atoms with E-state index in [-0.39, 0.29) is 18.1 Å². The molecule has 6 heteroatoms. The molecule has 21 heavy (non-hydrogen) atoms. The van der Waals surface area contributed by atoms with E-state index in [9.17, 15) is 9.18 Å². The minimum atomic E-state index is -0.546. The number of likely N-dealkylation sites (N-methyl/N-ethyl adjacent to an activating group) is 1. The largest absolute Gasteiger partial charge is 0.460 e. The average molecular weight is 312 g/mol. The first-order valence-corrected chi connectivity index (χ1v) is 6.93. The summed E-state index contributed by atoms with van der Waals surface area (Å²) in [6, 6.07) is 7.91. The van der Waals surface area contributed by atoms with E-state index in [0.717, 1.165) is 16.4 Å². The minimum Gasteiger partial charge on any atom is -0.460 e. The second-order valence-electron chi connectivity index (χ2n) is 5.00. The third-order valence-electron chi connectivity index (χ3n) is 2.94. The molecule has 2 rings (SSSR count). The predicted molar refractivity (Wildman–Crippen MR) is 78.9 cm³/mol. The monoisotopic (exact) mass is 311 g/mol. The highest BCUT2D eigenvalue weighted by molar-refractivity contribution is 6.30. The first kappa shape index (κ1) is 15.5. The van der Waals surface area contributed by atoms with Crippen molar-refractivity contribution >= 4 is 23.2 Å². The van der Waals surface area contributed by atoms with Crippen LogP contribution in [0.25, 0.3) is 0 Å². The maximum absolute atomic E-state index is 13.6. The number of quaternary nitrogens is 1. The molecule has 0 fully saturated rings. The molecule has 1 atom stereocenters. The van der Waals surface area contributed by atoms with Crippen molar-refractivity contribution in [2.45, 2.75) is 13.5 Å². The molecule has 1 amide bonds. The number of rotatable bonds is 5. The summed E-state index contributed by atoms with van der Waals surface area (Å²) in [7, 11) is 1.87. The lowest BCUT2D eigenvalue weighted by Crippen LogP contribution is -3.08. The Kier molecular flexibility index (Phi) is 4.98. The van der Waals surface area contributed by atoms with Crippen LogP contribution in [0.4, 0.5) is 10.1 Å². The summed E-state index contributed by atoms with van der Waals surface area (Å²) in [6.07, 6.45) is 0. The van der Waals surface area contributed by atoms with Gasteiger partial charge in [0.25, 0.3) is 5.91 Å². The maximum atomic E-state index is 13.6. The van der Waals surface area contributed by atoms with Gasteiger partial charge in [0, 0.05) is 5.02 Å². The molecule has 2 N–H and O–H groups in total.